The number of halogens is 2. The second kappa shape index (κ2) is 10.1. The lowest BCUT2D eigenvalue weighted by atomic mass is 9.68. The number of unbranched alkanes of at least 4 members (excludes halogenated alkanes) is 1. The lowest BCUT2D eigenvalue weighted by Crippen LogP contribution is -2.25. The van der Waals surface area contributed by atoms with Crippen LogP contribution in [0.5, 0.6) is 5.75 Å². The second-order valence-electron chi connectivity index (χ2n) is 9.68. The van der Waals surface area contributed by atoms with Gasteiger partial charge in [0.25, 0.3) is 0 Å². The van der Waals surface area contributed by atoms with Crippen LogP contribution < -0.4 is 4.74 Å². The lowest BCUT2D eigenvalue weighted by Gasteiger charge is -2.37. The summed E-state index contributed by atoms with van der Waals surface area (Å²) in [5.74, 6) is 1.64. The number of hydrogen-bond donors (Lipinski definition) is 0. The Morgan fingerprint density at radius 2 is 1.58 bits per heavy atom. The van der Waals surface area contributed by atoms with E-state index in [0.29, 0.717) is 16.7 Å². The van der Waals surface area contributed by atoms with Gasteiger partial charge in [-0.3, -0.25) is 0 Å². The Morgan fingerprint density at radius 1 is 0.903 bits per heavy atom. The molecule has 4 rings (SSSR count). The quantitative estimate of drug-likeness (QED) is 0.420. The normalized spacial score (nSPS) is 27.1. The van der Waals surface area contributed by atoms with Gasteiger partial charge in [-0.15, -0.1) is 0 Å². The molecule has 0 saturated heterocycles. The molecule has 2 aliphatic carbocycles. The first-order valence-corrected chi connectivity index (χ1v) is 12.2. The molecular weight excluding hydrogens is 390 g/mol. The minimum Gasteiger partial charge on any atom is -0.497 e. The molecular formula is C28H36F2O. The van der Waals surface area contributed by atoms with Crippen LogP contribution in [0.15, 0.2) is 36.4 Å². The van der Waals surface area contributed by atoms with Crippen LogP contribution in [0.3, 0.4) is 0 Å². The number of ether oxygens (including phenoxy) is 1. The maximum Gasteiger partial charge on any atom is 0.167 e. The summed E-state index contributed by atoms with van der Waals surface area (Å²) in [6.07, 6.45) is 16.8. The van der Waals surface area contributed by atoms with Crippen LogP contribution in [0, 0.1) is 29.4 Å². The van der Waals surface area contributed by atoms with Gasteiger partial charge in [0.1, 0.15) is 5.75 Å². The first-order chi connectivity index (χ1) is 15.1. The van der Waals surface area contributed by atoms with Crippen LogP contribution >= 0.6 is 0 Å². The van der Waals surface area contributed by atoms with E-state index in [1.54, 1.807) is 6.07 Å². The number of methoxy groups -OCH3 is 1. The third-order valence-electron chi connectivity index (χ3n) is 7.81. The molecule has 0 atom stereocenters. The summed E-state index contributed by atoms with van der Waals surface area (Å²) in [5, 5.41) is 1.06. The topological polar surface area (TPSA) is 9.23 Å². The predicted molar refractivity (Wildman–Crippen MR) is 125 cm³/mol. The molecule has 168 valence electrons. The van der Waals surface area contributed by atoms with Crippen molar-refractivity contribution >= 4 is 10.8 Å². The first kappa shape index (κ1) is 22.3. The fourth-order valence-electron chi connectivity index (χ4n) is 5.92. The van der Waals surface area contributed by atoms with Gasteiger partial charge in [-0.1, -0.05) is 31.6 Å². The number of rotatable bonds is 6. The molecule has 2 aromatic carbocycles. The largest absolute Gasteiger partial charge is 0.497 e. The zero-order valence-corrected chi connectivity index (χ0v) is 19.0. The summed E-state index contributed by atoms with van der Waals surface area (Å²) in [5.41, 5.74) is 0.568. The smallest absolute Gasteiger partial charge is 0.167 e. The molecule has 0 bridgehead atoms. The maximum atomic E-state index is 15.0. The minimum atomic E-state index is -0.733. The van der Waals surface area contributed by atoms with Crippen molar-refractivity contribution in [2.45, 2.75) is 77.0 Å². The monoisotopic (exact) mass is 426 g/mol. The SMILES string of the molecule is CCC/C=C/C1CCC(C2CCC(c3cc4ccc(OC)cc4c(F)c3F)CC2)CC1. The summed E-state index contributed by atoms with van der Waals surface area (Å²) >= 11 is 0. The maximum absolute atomic E-state index is 15.0. The van der Waals surface area contributed by atoms with E-state index in [9.17, 15) is 8.78 Å². The molecule has 2 aliphatic rings. The average Bonchev–Trinajstić information content (AvgIpc) is 2.82. The molecule has 0 amide bonds. The molecule has 2 aromatic rings. The van der Waals surface area contributed by atoms with Gasteiger partial charge in [0.05, 0.1) is 7.11 Å². The van der Waals surface area contributed by atoms with E-state index in [2.05, 4.69) is 19.1 Å². The third kappa shape index (κ3) is 4.96. The zero-order chi connectivity index (χ0) is 21.8. The standard InChI is InChI=1S/C28H36F2O/c1-3-4-5-6-19-7-9-20(10-8-19)21-11-13-22(14-12-21)25-17-23-15-16-24(31-2)18-26(23)28(30)27(25)29/h5-6,15-22H,3-4,7-14H2,1-2H3/b6-5+. The number of fused-ring (bicyclic) bond motifs is 1. The zero-order valence-electron chi connectivity index (χ0n) is 19.0. The van der Waals surface area contributed by atoms with Gasteiger partial charge in [0, 0.05) is 5.39 Å². The number of hydrogen-bond acceptors (Lipinski definition) is 1. The molecule has 0 unspecified atom stereocenters. The fraction of sp³-hybridized carbons (Fsp3) is 0.571. The highest BCUT2D eigenvalue weighted by Crippen LogP contribution is 2.45. The number of allylic oxidation sites excluding steroid dienone is 2. The molecule has 3 heteroatoms. The molecule has 0 heterocycles. The van der Waals surface area contributed by atoms with Gasteiger partial charge in [-0.2, -0.15) is 0 Å². The highest BCUT2D eigenvalue weighted by molar-refractivity contribution is 5.85. The predicted octanol–water partition coefficient (Wildman–Crippen LogP) is 8.56. The summed E-state index contributed by atoms with van der Waals surface area (Å²) in [7, 11) is 1.54. The van der Waals surface area contributed by atoms with Crippen molar-refractivity contribution in [3.05, 3.63) is 53.6 Å². The molecule has 0 aliphatic heterocycles. The van der Waals surface area contributed by atoms with Crippen molar-refractivity contribution in [3.63, 3.8) is 0 Å². The molecule has 1 nitrogen and oxygen atoms in total. The summed E-state index contributed by atoms with van der Waals surface area (Å²) < 4.78 is 34.9. The Labute approximate surface area is 185 Å². The molecule has 2 saturated carbocycles. The van der Waals surface area contributed by atoms with E-state index in [1.165, 1.54) is 45.6 Å². The van der Waals surface area contributed by atoms with E-state index in [0.717, 1.165) is 48.8 Å². The molecule has 0 spiro atoms. The highest BCUT2D eigenvalue weighted by atomic mass is 19.2. The van der Waals surface area contributed by atoms with Crippen molar-refractivity contribution in [3.8, 4) is 5.75 Å². The van der Waals surface area contributed by atoms with E-state index in [1.807, 2.05) is 18.2 Å². The van der Waals surface area contributed by atoms with Gasteiger partial charge in [0.15, 0.2) is 11.6 Å². The Kier molecular flexibility index (Phi) is 7.30. The van der Waals surface area contributed by atoms with Crippen molar-refractivity contribution in [2.24, 2.45) is 17.8 Å². The van der Waals surface area contributed by atoms with E-state index >= 15 is 0 Å². The van der Waals surface area contributed by atoms with Crippen LogP contribution in [0.4, 0.5) is 8.78 Å². The van der Waals surface area contributed by atoms with Crippen LogP contribution in [0.25, 0.3) is 10.8 Å². The van der Waals surface area contributed by atoms with Crippen LogP contribution in [0.1, 0.15) is 82.6 Å². The molecule has 2 fully saturated rings. The summed E-state index contributed by atoms with van der Waals surface area (Å²) in [6, 6.07) is 7.10. The summed E-state index contributed by atoms with van der Waals surface area (Å²) in [4.78, 5) is 0. The number of benzene rings is 2. The van der Waals surface area contributed by atoms with Gasteiger partial charge in [-0.25, -0.2) is 8.78 Å². The molecule has 0 N–H and O–H groups in total. The highest BCUT2D eigenvalue weighted by Gasteiger charge is 2.32. The van der Waals surface area contributed by atoms with Crippen molar-refractivity contribution < 1.29 is 13.5 Å². The Hall–Kier alpha value is -1.90. The van der Waals surface area contributed by atoms with Crippen LogP contribution in [-0.2, 0) is 0 Å². The Morgan fingerprint density at radius 3 is 2.23 bits per heavy atom. The fourth-order valence-corrected chi connectivity index (χ4v) is 5.92. The molecule has 31 heavy (non-hydrogen) atoms. The van der Waals surface area contributed by atoms with E-state index in [4.69, 9.17) is 4.74 Å². The minimum absolute atomic E-state index is 0.130. The van der Waals surface area contributed by atoms with E-state index in [-0.39, 0.29) is 5.92 Å². The molecule has 0 aromatic heterocycles. The van der Waals surface area contributed by atoms with Gasteiger partial charge in [0.2, 0.25) is 0 Å². The van der Waals surface area contributed by atoms with Crippen LogP contribution in [-0.4, -0.2) is 7.11 Å². The Balaban J connectivity index is 1.38. The van der Waals surface area contributed by atoms with Crippen molar-refractivity contribution in [1.82, 2.24) is 0 Å². The second-order valence-corrected chi connectivity index (χ2v) is 9.68. The third-order valence-corrected chi connectivity index (χ3v) is 7.81. The average molecular weight is 427 g/mol. The van der Waals surface area contributed by atoms with Gasteiger partial charge >= 0.3 is 0 Å². The van der Waals surface area contributed by atoms with Crippen molar-refractivity contribution in [1.29, 1.82) is 0 Å². The van der Waals surface area contributed by atoms with Crippen LogP contribution in [0.2, 0.25) is 0 Å². The summed E-state index contributed by atoms with van der Waals surface area (Å²) in [6.45, 7) is 2.23. The molecule has 0 radical (unpaired) electrons. The van der Waals surface area contributed by atoms with Gasteiger partial charge in [-0.05, 0) is 111 Å². The first-order valence-electron chi connectivity index (χ1n) is 12.2. The Bertz CT molecular complexity index is 903. The van der Waals surface area contributed by atoms with Gasteiger partial charge < -0.3 is 4.74 Å². The lowest BCUT2D eigenvalue weighted by molar-refractivity contribution is 0.170. The van der Waals surface area contributed by atoms with Crippen molar-refractivity contribution in [2.75, 3.05) is 7.11 Å². The van der Waals surface area contributed by atoms with E-state index < -0.39 is 11.6 Å².